The van der Waals surface area contributed by atoms with Crippen LogP contribution in [0.2, 0.25) is 0 Å². The van der Waals surface area contributed by atoms with Gasteiger partial charge in [0, 0.05) is 6.07 Å². The second kappa shape index (κ2) is 7.08. The van der Waals surface area contributed by atoms with Crippen molar-refractivity contribution in [3.8, 4) is 5.75 Å². The minimum absolute atomic E-state index is 0.0420. The first-order valence-corrected chi connectivity index (χ1v) is 7.10. The molecule has 0 saturated carbocycles. The third-order valence-electron chi connectivity index (χ3n) is 2.24. The van der Waals surface area contributed by atoms with Crippen molar-refractivity contribution in [2.75, 3.05) is 20.3 Å². The molecule has 9 heteroatoms. The number of aliphatic hydroxyl groups is 1. The van der Waals surface area contributed by atoms with E-state index in [-0.39, 0.29) is 23.9 Å². The fraction of sp³-hybridized carbons (Fsp3) is 0.364. The number of hydrogen-bond acceptors (Lipinski definition) is 6. The summed E-state index contributed by atoms with van der Waals surface area (Å²) in [5.74, 6) is 0.263. The molecule has 0 aromatic heterocycles. The molecule has 0 aliphatic rings. The first kappa shape index (κ1) is 16.2. The van der Waals surface area contributed by atoms with Gasteiger partial charge in [0.25, 0.3) is 0 Å². The van der Waals surface area contributed by atoms with Crippen molar-refractivity contribution >= 4 is 16.1 Å². The maximum atomic E-state index is 11.6. The third kappa shape index (κ3) is 5.03. The van der Waals surface area contributed by atoms with E-state index in [0.717, 1.165) is 0 Å². The van der Waals surface area contributed by atoms with Gasteiger partial charge in [0.2, 0.25) is 10.0 Å². The van der Waals surface area contributed by atoms with Gasteiger partial charge in [-0.2, -0.15) is 0 Å². The highest BCUT2D eigenvalue weighted by Crippen LogP contribution is 2.17. The fourth-order valence-corrected chi connectivity index (χ4v) is 2.03. The monoisotopic (exact) mass is 304 g/mol. The van der Waals surface area contributed by atoms with E-state index in [1.54, 1.807) is 0 Å². The molecule has 1 atom stereocenters. The molecule has 0 unspecified atom stereocenters. The summed E-state index contributed by atoms with van der Waals surface area (Å²) in [5, 5.41) is 9.45. The normalized spacial score (nSPS) is 12.7. The summed E-state index contributed by atoms with van der Waals surface area (Å²) in [7, 11) is -2.26. The quantitative estimate of drug-likeness (QED) is 0.619. The van der Waals surface area contributed by atoms with E-state index in [1.165, 1.54) is 31.3 Å². The number of benzene rings is 1. The minimum atomic E-state index is -3.56. The van der Waals surface area contributed by atoms with Gasteiger partial charge >= 0.3 is 6.09 Å². The van der Waals surface area contributed by atoms with Gasteiger partial charge in [-0.25, -0.2) is 17.9 Å². The Hall–Kier alpha value is -1.84. The Labute approximate surface area is 116 Å². The van der Waals surface area contributed by atoms with E-state index in [2.05, 4.69) is 9.46 Å². The topological polar surface area (TPSA) is 128 Å². The lowest BCUT2D eigenvalue weighted by atomic mass is 10.3. The van der Waals surface area contributed by atoms with Crippen LogP contribution < -0.4 is 15.2 Å². The number of rotatable bonds is 7. The highest BCUT2D eigenvalue weighted by atomic mass is 32.2. The molecule has 1 aromatic carbocycles. The van der Waals surface area contributed by atoms with Gasteiger partial charge in [0.05, 0.1) is 4.90 Å². The van der Waals surface area contributed by atoms with Crippen LogP contribution in [0.25, 0.3) is 0 Å². The number of amides is 1. The Balaban J connectivity index is 2.61. The molecule has 112 valence electrons. The van der Waals surface area contributed by atoms with Crippen LogP contribution >= 0.6 is 0 Å². The highest BCUT2D eigenvalue weighted by Gasteiger charge is 2.13. The molecule has 0 heterocycles. The van der Waals surface area contributed by atoms with Gasteiger partial charge in [-0.05, 0) is 19.2 Å². The fourth-order valence-electron chi connectivity index (χ4n) is 1.27. The lowest BCUT2D eigenvalue weighted by Gasteiger charge is -2.12. The number of carbonyl (C=O) groups excluding carboxylic acids is 1. The Morgan fingerprint density at radius 1 is 1.45 bits per heavy atom. The van der Waals surface area contributed by atoms with Gasteiger partial charge < -0.3 is 20.3 Å². The van der Waals surface area contributed by atoms with Crippen molar-refractivity contribution < 1.29 is 27.8 Å². The van der Waals surface area contributed by atoms with Crippen molar-refractivity contribution in [1.82, 2.24) is 4.72 Å². The standard InChI is InChI=1S/C11H16N2O6S/c1-13-20(16,17)10-4-2-3-9(5-10)18-6-8(14)7-19-11(12)15/h2-5,8,13-14H,6-7H2,1H3,(H2,12,15)/t8-/m0/s1. The van der Waals surface area contributed by atoms with Gasteiger partial charge in [-0.15, -0.1) is 0 Å². The van der Waals surface area contributed by atoms with E-state index in [0.29, 0.717) is 0 Å². The molecule has 0 radical (unpaired) electrons. The number of nitrogens with two attached hydrogens (primary N) is 1. The summed E-state index contributed by atoms with van der Waals surface area (Å²) in [6.07, 6.45) is -2.06. The molecule has 0 aliphatic heterocycles. The molecular weight excluding hydrogens is 288 g/mol. The summed E-state index contributed by atoms with van der Waals surface area (Å²) in [4.78, 5) is 10.4. The number of nitrogens with one attached hydrogen (secondary N) is 1. The average Bonchev–Trinajstić information content (AvgIpc) is 2.43. The van der Waals surface area contributed by atoms with E-state index in [9.17, 15) is 18.3 Å². The summed E-state index contributed by atoms with van der Waals surface area (Å²) in [5.41, 5.74) is 4.74. The zero-order valence-corrected chi connectivity index (χ0v) is 11.6. The number of ether oxygens (including phenoxy) is 2. The summed E-state index contributed by atoms with van der Waals surface area (Å²) in [6, 6.07) is 5.76. The molecular formula is C11H16N2O6S. The zero-order valence-electron chi connectivity index (χ0n) is 10.8. The summed E-state index contributed by atoms with van der Waals surface area (Å²) >= 11 is 0. The Morgan fingerprint density at radius 3 is 2.75 bits per heavy atom. The van der Waals surface area contributed by atoms with Crippen LogP contribution in [0.5, 0.6) is 5.75 Å². The van der Waals surface area contributed by atoms with E-state index < -0.39 is 22.2 Å². The maximum Gasteiger partial charge on any atom is 0.404 e. The van der Waals surface area contributed by atoms with Gasteiger partial charge in [-0.1, -0.05) is 6.07 Å². The van der Waals surface area contributed by atoms with Crippen LogP contribution in [0.15, 0.2) is 29.2 Å². The molecule has 0 aliphatic carbocycles. The smallest absolute Gasteiger partial charge is 0.404 e. The maximum absolute atomic E-state index is 11.6. The van der Waals surface area contributed by atoms with Gasteiger partial charge in [0.15, 0.2) is 0 Å². The zero-order chi connectivity index (χ0) is 15.2. The predicted octanol–water partition coefficient (Wildman–Crippen LogP) is -0.570. The Kier molecular flexibility index (Phi) is 5.74. The largest absolute Gasteiger partial charge is 0.491 e. The predicted molar refractivity (Wildman–Crippen MR) is 69.7 cm³/mol. The molecule has 0 bridgehead atoms. The molecule has 0 fully saturated rings. The Morgan fingerprint density at radius 2 is 2.15 bits per heavy atom. The van der Waals surface area contributed by atoms with Crippen molar-refractivity contribution in [1.29, 1.82) is 0 Å². The van der Waals surface area contributed by atoms with Crippen LogP contribution in [-0.2, 0) is 14.8 Å². The van der Waals surface area contributed by atoms with Crippen LogP contribution in [-0.4, -0.2) is 46.0 Å². The number of hydrogen-bond donors (Lipinski definition) is 3. The first-order chi connectivity index (χ1) is 9.35. The lowest BCUT2D eigenvalue weighted by molar-refractivity contribution is 0.0419. The summed E-state index contributed by atoms with van der Waals surface area (Å²) < 4.78 is 34.9. The van der Waals surface area contributed by atoms with Crippen LogP contribution in [0.1, 0.15) is 0 Å². The average molecular weight is 304 g/mol. The molecule has 20 heavy (non-hydrogen) atoms. The van der Waals surface area contributed by atoms with Crippen LogP contribution in [0.3, 0.4) is 0 Å². The van der Waals surface area contributed by atoms with Crippen molar-refractivity contribution in [2.24, 2.45) is 5.73 Å². The highest BCUT2D eigenvalue weighted by molar-refractivity contribution is 7.89. The number of carbonyl (C=O) groups is 1. The second-order valence-corrected chi connectivity index (χ2v) is 5.66. The van der Waals surface area contributed by atoms with Crippen LogP contribution in [0, 0.1) is 0 Å². The summed E-state index contributed by atoms with van der Waals surface area (Å²) in [6.45, 7) is -0.472. The number of aliphatic hydroxyl groups excluding tert-OH is 1. The van der Waals surface area contributed by atoms with Crippen LogP contribution in [0.4, 0.5) is 4.79 Å². The second-order valence-electron chi connectivity index (χ2n) is 3.78. The van der Waals surface area contributed by atoms with Gasteiger partial charge in [0.1, 0.15) is 25.1 Å². The van der Waals surface area contributed by atoms with Crippen molar-refractivity contribution in [2.45, 2.75) is 11.0 Å². The van der Waals surface area contributed by atoms with Crippen molar-refractivity contribution in [3.63, 3.8) is 0 Å². The lowest BCUT2D eigenvalue weighted by Crippen LogP contribution is -2.27. The SMILES string of the molecule is CNS(=O)(=O)c1cccc(OC[C@H](O)COC(N)=O)c1. The van der Waals surface area contributed by atoms with Gasteiger partial charge in [-0.3, -0.25) is 0 Å². The minimum Gasteiger partial charge on any atom is -0.491 e. The molecule has 4 N–H and O–H groups in total. The third-order valence-corrected chi connectivity index (χ3v) is 3.66. The van der Waals surface area contributed by atoms with E-state index in [4.69, 9.17) is 10.5 Å². The van der Waals surface area contributed by atoms with Crippen molar-refractivity contribution in [3.05, 3.63) is 24.3 Å². The number of sulfonamides is 1. The molecule has 1 amide bonds. The molecule has 8 nitrogen and oxygen atoms in total. The molecule has 0 spiro atoms. The van der Waals surface area contributed by atoms with E-state index >= 15 is 0 Å². The Bertz CT molecular complexity index is 560. The number of primary amides is 1. The van der Waals surface area contributed by atoms with E-state index in [1.807, 2.05) is 0 Å². The molecule has 0 saturated heterocycles. The molecule has 1 rings (SSSR count). The first-order valence-electron chi connectivity index (χ1n) is 5.62. The molecule has 1 aromatic rings.